The molecule has 0 fully saturated rings. The van der Waals surface area contributed by atoms with E-state index < -0.39 is 0 Å². The number of halogens is 2. The molecule has 2 aromatic rings. The molecule has 3 rings (SSSR count). The second-order valence-electron chi connectivity index (χ2n) is 6.88. The molecule has 0 unspecified atom stereocenters. The van der Waals surface area contributed by atoms with Gasteiger partial charge in [0.15, 0.2) is 5.82 Å². The standard InChI is InChI=1S/C19H25ClFN5O2/c1-13(22-18(27)7-11-28-2)19-24-23-17-6-8-25(9-10-26(17)19)12-14-15(20)4-3-5-16(14)21/h3-5,13H,6-12H2,1-2H3,(H,22,27)/t13-/m0/s1. The van der Waals surface area contributed by atoms with E-state index in [1.807, 2.05) is 11.5 Å². The molecule has 0 bridgehead atoms. The van der Waals surface area contributed by atoms with E-state index in [0.29, 0.717) is 49.7 Å². The lowest BCUT2D eigenvalue weighted by atomic mass is 10.2. The molecule has 9 heteroatoms. The second-order valence-corrected chi connectivity index (χ2v) is 7.29. The minimum Gasteiger partial charge on any atom is -0.384 e. The van der Waals surface area contributed by atoms with Crippen molar-refractivity contribution in [2.24, 2.45) is 0 Å². The van der Waals surface area contributed by atoms with Gasteiger partial charge in [0.05, 0.1) is 12.6 Å². The lowest BCUT2D eigenvalue weighted by Gasteiger charge is -2.21. The summed E-state index contributed by atoms with van der Waals surface area (Å²) in [6, 6.07) is 4.50. The van der Waals surface area contributed by atoms with Gasteiger partial charge in [-0.1, -0.05) is 17.7 Å². The third kappa shape index (κ3) is 4.87. The highest BCUT2D eigenvalue weighted by atomic mass is 35.5. The van der Waals surface area contributed by atoms with Crippen molar-refractivity contribution in [2.75, 3.05) is 26.8 Å². The molecule has 1 atom stereocenters. The third-order valence-electron chi connectivity index (χ3n) is 4.89. The zero-order valence-electron chi connectivity index (χ0n) is 16.1. The van der Waals surface area contributed by atoms with Crippen LogP contribution < -0.4 is 5.32 Å². The molecule has 0 aliphatic carbocycles. The Labute approximate surface area is 168 Å². The Balaban J connectivity index is 1.65. The highest BCUT2D eigenvalue weighted by Crippen LogP contribution is 2.22. The van der Waals surface area contributed by atoms with Crippen LogP contribution in [-0.2, 0) is 29.0 Å². The maximum Gasteiger partial charge on any atom is 0.222 e. The van der Waals surface area contributed by atoms with Gasteiger partial charge in [-0.15, -0.1) is 10.2 Å². The van der Waals surface area contributed by atoms with Crippen LogP contribution in [0.5, 0.6) is 0 Å². The van der Waals surface area contributed by atoms with Gasteiger partial charge in [0, 0.05) is 56.7 Å². The van der Waals surface area contributed by atoms with Crippen LogP contribution in [0, 0.1) is 5.82 Å². The van der Waals surface area contributed by atoms with Crippen molar-refractivity contribution in [2.45, 2.75) is 38.9 Å². The number of ether oxygens (including phenoxy) is 1. The van der Waals surface area contributed by atoms with Gasteiger partial charge in [0.2, 0.25) is 5.91 Å². The van der Waals surface area contributed by atoms with Crippen molar-refractivity contribution in [1.29, 1.82) is 0 Å². The Morgan fingerprint density at radius 2 is 2.18 bits per heavy atom. The Morgan fingerprint density at radius 1 is 1.36 bits per heavy atom. The van der Waals surface area contributed by atoms with Crippen molar-refractivity contribution < 1.29 is 13.9 Å². The zero-order valence-corrected chi connectivity index (χ0v) is 16.9. The van der Waals surface area contributed by atoms with Crippen LogP contribution in [0.15, 0.2) is 18.2 Å². The van der Waals surface area contributed by atoms with E-state index in [1.165, 1.54) is 6.07 Å². The molecule has 2 heterocycles. The van der Waals surface area contributed by atoms with Crippen LogP contribution in [0.25, 0.3) is 0 Å². The van der Waals surface area contributed by atoms with Crippen molar-refractivity contribution in [3.8, 4) is 0 Å². The number of methoxy groups -OCH3 is 1. The van der Waals surface area contributed by atoms with Gasteiger partial charge in [-0.3, -0.25) is 9.69 Å². The van der Waals surface area contributed by atoms with E-state index in [1.54, 1.807) is 19.2 Å². The van der Waals surface area contributed by atoms with Crippen molar-refractivity contribution in [3.63, 3.8) is 0 Å². The molecule has 7 nitrogen and oxygen atoms in total. The number of carbonyl (C=O) groups excluding carboxylic acids is 1. The van der Waals surface area contributed by atoms with E-state index in [4.69, 9.17) is 16.3 Å². The maximum atomic E-state index is 14.1. The summed E-state index contributed by atoms with van der Waals surface area (Å²) in [4.78, 5) is 14.1. The molecule has 0 saturated heterocycles. The lowest BCUT2D eigenvalue weighted by molar-refractivity contribution is -0.122. The van der Waals surface area contributed by atoms with E-state index in [-0.39, 0.29) is 17.8 Å². The van der Waals surface area contributed by atoms with Gasteiger partial charge in [-0.2, -0.15) is 0 Å². The zero-order chi connectivity index (χ0) is 20.1. The first-order chi connectivity index (χ1) is 13.5. The molecule has 0 radical (unpaired) electrons. The largest absolute Gasteiger partial charge is 0.384 e. The molecular weight excluding hydrogens is 385 g/mol. The van der Waals surface area contributed by atoms with E-state index >= 15 is 0 Å². The fourth-order valence-electron chi connectivity index (χ4n) is 3.35. The summed E-state index contributed by atoms with van der Waals surface area (Å²) in [5.74, 6) is 1.22. The smallest absolute Gasteiger partial charge is 0.222 e. The minimum atomic E-state index is -0.288. The Bertz CT molecular complexity index is 808. The third-order valence-corrected chi connectivity index (χ3v) is 5.24. The number of amides is 1. The van der Waals surface area contributed by atoms with Gasteiger partial charge in [0.25, 0.3) is 0 Å². The molecule has 1 N–H and O–H groups in total. The monoisotopic (exact) mass is 409 g/mol. The van der Waals surface area contributed by atoms with Crippen LogP contribution in [0.2, 0.25) is 5.02 Å². The average Bonchev–Trinajstić information content (AvgIpc) is 2.97. The average molecular weight is 410 g/mol. The lowest BCUT2D eigenvalue weighted by Crippen LogP contribution is -2.30. The van der Waals surface area contributed by atoms with Crippen LogP contribution >= 0.6 is 11.6 Å². The second kappa shape index (κ2) is 9.45. The van der Waals surface area contributed by atoms with Crippen LogP contribution in [-0.4, -0.2) is 52.4 Å². The summed E-state index contributed by atoms with van der Waals surface area (Å²) < 4.78 is 21.1. The number of rotatable bonds is 7. The quantitative estimate of drug-likeness (QED) is 0.760. The fourth-order valence-corrected chi connectivity index (χ4v) is 3.57. The van der Waals surface area contributed by atoms with Gasteiger partial charge >= 0.3 is 0 Å². The molecule has 1 amide bonds. The first-order valence-corrected chi connectivity index (χ1v) is 9.73. The topological polar surface area (TPSA) is 72.3 Å². The number of hydrogen-bond acceptors (Lipinski definition) is 5. The normalized spacial score (nSPS) is 15.7. The van der Waals surface area contributed by atoms with E-state index in [2.05, 4.69) is 20.4 Å². The molecule has 1 aliphatic heterocycles. The van der Waals surface area contributed by atoms with Crippen molar-refractivity contribution >= 4 is 17.5 Å². The Hall–Kier alpha value is -2.03. The predicted molar refractivity (Wildman–Crippen MR) is 103 cm³/mol. The summed E-state index contributed by atoms with van der Waals surface area (Å²) >= 11 is 6.17. The molecule has 1 aliphatic rings. The molecule has 28 heavy (non-hydrogen) atoms. The summed E-state index contributed by atoms with van der Waals surface area (Å²) in [6.07, 6.45) is 1.00. The number of fused-ring (bicyclic) bond motifs is 1. The molecule has 152 valence electrons. The van der Waals surface area contributed by atoms with Gasteiger partial charge < -0.3 is 14.6 Å². The summed E-state index contributed by atoms with van der Waals surface area (Å²) in [5.41, 5.74) is 0.515. The molecule has 1 aromatic heterocycles. The molecular formula is C19H25ClFN5O2. The van der Waals surface area contributed by atoms with Gasteiger partial charge in [-0.25, -0.2) is 4.39 Å². The maximum absolute atomic E-state index is 14.1. The number of carbonyl (C=O) groups is 1. The fraction of sp³-hybridized carbons (Fsp3) is 0.526. The van der Waals surface area contributed by atoms with Gasteiger partial charge in [0.1, 0.15) is 11.6 Å². The number of nitrogens with zero attached hydrogens (tertiary/aromatic N) is 4. The highest BCUT2D eigenvalue weighted by Gasteiger charge is 2.23. The van der Waals surface area contributed by atoms with Crippen LogP contribution in [0.4, 0.5) is 4.39 Å². The Morgan fingerprint density at radius 3 is 2.93 bits per heavy atom. The molecule has 0 spiro atoms. The van der Waals surface area contributed by atoms with Crippen molar-refractivity contribution in [1.82, 2.24) is 25.0 Å². The number of nitrogens with one attached hydrogen (secondary N) is 1. The van der Waals surface area contributed by atoms with Crippen LogP contribution in [0.1, 0.15) is 36.6 Å². The van der Waals surface area contributed by atoms with E-state index in [9.17, 15) is 9.18 Å². The highest BCUT2D eigenvalue weighted by molar-refractivity contribution is 6.31. The summed E-state index contributed by atoms with van der Waals surface area (Å²) in [5, 5.41) is 11.9. The molecule has 1 aromatic carbocycles. The predicted octanol–water partition coefficient (Wildman–Crippen LogP) is 2.34. The van der Waals surface area contributed by atoms with Gasteiger partial charge in [-0.05, 0) is 19.1 Å². The summed E-state index contributed by atoms with van der Waals surface area (Å²) in [7, 11) is 1.56. The first-order valence-electron chi connectivity index (χ1n) is 9.35. The number of hydrogen-bond donors (Lipinski definition) is 1. The Kier molecular flexibility index (Phi) is 6.98. The molecule has 0 saturated carbocycles. The first kappa shape index (κ1) is 20.7. The summed E-state index contributed by atoms with van der Waals surface area (Å²) in [6.45, 7) is 4.84. The van der Waals surface area contributed by atoms with Crippen molar-refractivity contribution in [3.05, 3.63) is 46.3 Å². The number of aromatic nitrogens is 3. The number of benzene rings is 1. The SMILES string of the molecule is COCCC(=O)N[C@@H](C)c1nnc2n1CCN(Cc1c(F)cccc1Cl)CC2. The van der Waals surface area contributed by atoms with E-state index in [0.717, 1.165) is 18.2 Å². The van der Waals surface area contributed by atoms with Crippen LogP contribution in [0.3, 0.4) is 0 Å². The minimum absolute atomic E-state index is 0.0869.